The molecule has 2 heterocycles. The summed E-state index contributed by atoms with van der Waals surface area (Å²) >= 11 is 0. The van der Waals surface area contributed by atoms with Gasteiger partial charge in [-0.15, -0.1) is 0 Å². The Morgan fingerprint density at radius 3 is 2.72 bits per heavy atom. The number of carboxylic acids is 1. The Morgan fingerprint density at radius 1 is 1.39 bits per heavy atom. The highest BCUT2D eigenvalue weighted by Gasteiger charge is 2.16. The fourth-order valence-electron chi connectivity index (χ4n) is 2.46. The lowest BCUT2D eigenvalue weighted by atomic mass is 10.2. The molecule has 1 aromatic rings. The molecule has 100 valence electrons. The summed E-state index contributed by atoms with van der Waals surface area (Å²) in [7, 11) is 1.59. The Hall–Kier alpha value is -1.33. The first-order valence-electron chi connectivity index (χ1n) is 6.35. The maximum Gasteiger partial charge on any atom is 0.337 e. The topological polar surface area (TPSA) is 54.7 Å². The Balaban J connectivity index is 2.04. The second kappa shape index (κ2) is 6.02. The number of carboxylic acid groups (broad SMARTS) is 1. The van der Waals surface area contributed by atoms with E-state index in [-0.39, 0.29) is 0 Å². The van der Waals surface area contributed by atoms with Gasteiger partial charge in [-0.2, -0.15) is 0 Å². The fraction of sp³-hybridized carbons (Fsp3) is 0.615. The van der Waals surface area contributed by atoms with Crippen LogP contribution >= 0.6 is 0 Å². The first kappa shape index (κ1) is 13.1. The molecule has 1 aromatic heterocycles. The van der Waals surface area contributed by atoms with E-state index in [2.05, 4.69) is 4.90 Å². The zero-order chi connectivity index (χ0) is 13.0. The van der Waals surface area contributed by atoms with Crippen molar-refractivity contribution < 1.29 is 14.6 Å². The van der Waals surface area contributed by atoms with Crippen molar-refractivity contribution in [2.75, 3.05) is 26.7 Å². The molecule has 0 saturated carbocycles. The molecule has 18 heavy (non-hydrogen) atoms. The van der Waals surface area contributed by atoms with E-state index in [0.29, 0.717) is 12.2 Å². The maximum absolute atomic E-state index is 11.1. The molecule has 0 amide bonds. The molecule has 2 rings (SSSR count). The van der Waals surface area contributed by atoms with Crippen LogP contribution in [0.25, 0.3) is 0 Å². The summed E-state index contributed by atoms with van der Waals surface area (Å²) in [4.78, 5) is 13.5. The van der Waals surface area contributed by atoms with Gasteiger partial charge in [0, 0.05) is 26.4 Å². The molecule has 1 aliphatic heterocycles. The summed E-state index contributed by atoms with van der Waals surface area (Å²) in [6, 6.07) is 1.65. The van der Waals surface area contributed by atoms with Crippen LogP contribution in [0.2, 0.25) is 0 Å². The van der Waals surface area contributed by atoms with Crippen molar-refractivity contribution in [3.8, 4) is 0 Å². The lowest BCUT2D eigenvalue weighted by molar-refractivity contribution is 0.0691. The van der Waals surface area contributed by atoms with Crippen LogP contribution in [0.4, 0.5) is 0 Å². The molecule has 1 N–H and O–H groups in total. The van der Waals surface area contributed by atoms with Gasteiger partial charge in [0.2, 0.25) is 0 Å². The Kier molecular flexibility index (Phi) is 4.38. The van der Waals surface area contributed by atoms with Crippen molar-refractivity contribution in [1.29, 1.82) is 0 Å². The van der Waals surface area contributed by atoms with E-state index in [9.17, 15) is 4.79 Å². The number of hydrogen-bond donors (Lipinski definition) is 1. The van der Waals surface area contributed by atoms with Gasteiger partial charge in [-0.25, -0.2) is 4.79 Å². The predicted octanol–water partition coefficient (Wildman–Crippen LogP) is 1.43. The van der Waals surface area contributed by atoms with Crippen LogP contribution in [0.5, 0.6) is 0 Å². The fourth-order valence-corrected chi connectivity index (χ4v) is 2.46. The minimum Gasteiger partial charge on any atom is -0.478 e. The molecule has 1 aliphatic rings. The van der Waals surface area contributed by atoms with Gasteiger partial charge in [-0.1, -0.05) is 0 Å². The summed E-state index contributed by atoms with van der Waals surface area (Å²) in [5, 5.41) is 9.11. The molecular weight excluding hydrogens is 232 g/mol. The van der Waals surface area contributed by atoms with E-state index < -0.39 is 5.97 Å². The first-order chi connectivity index (χ1) is 8.72. The number of ether oxygens (including phenoxy) is 1. The van der Waals surface area contributed by atoms with Gasteiger partial charge >= 0.3 is 5.97 Å². The summed E-state index contributed by atoms with van der Waals surface area (Å²) in [5.74, 6) is -0.887. The number of aromatic carboxylic acids is 1. The lowest BCUT2D eigenvalue weighted by Gasteiger charge is -2.16. The van der Waals surface area contributed by atoms with Gasteiger partial charge < -0.3 is 19.3 Å². The largest absolute Gasteiger partial charge is 0.478 e. The van der Waals surface area contributed by atoms with Crippen LogP contribution in [0.3, 0.4) is 0 Å². The number of nitrogens with zero attached hydrogens (tertiary/aromatic N) is 2. The van der Waals surface area contributed by atoms with Crippen LogP contribution in [-0.2, 0) is 17.9 Å². The van der Waals surface area contributed by atoms with Gasteiger partial charge in [-0.3, -0.25) is 0 Å². The van der Waals surface area contributed by atoms with Crippen molar-refractivity contribution in [2.24, 2.45) is 0 Å². The molecule has 1 saturated heterocycles. The predicted molar refractivity (Wildman–Crippen MR) is 67.8 cm³/mol. The maximum atomic E-state index is 11.1. The number of hydrogen-bond acceptors (Lipinski definition) is 3. The molecule has 0 atom stereocenters. The molecule has 0 unspecified atom stereocenters. The zero-order valence-corrected chi connectivity index (χ0v) is 10.8. The van der Waals surface area contributed by atoms with Gasteiger partial charge in [0.25, 0.3) is 0 Å². The normalized spacial score (nSPS) is 16.3. The second-order valence-electron chi connectivity index (χ2n) is 4.66. The van der Waals surface area contributed by atoms with E-state index in [1.165, 1.54) is 12.8 Å². The minimum atomic E-state index is -0.887. The standard InChI is InChI=1S/C13H20N2O3/c1-18-10-12-11(13(16)17)4-7-15(12)9-8-14-5-2-3-6-14/h4,7H,2-3,5-6,8-10H2,1H3,(H,16,17). The average Bonchev–Trinajstić information content (AvgIpc) is 2.95. The van der Waals surface area contributed by atoms with Gasteiger partial charge in [0.05, 0.1) is 17.9 Å². The molecular formula is C13H20N2O3. The van der Waals surface area contributed by atoms with Crippen LogP contribution in [-0.4, -0.2) is 47.3 Å². The summed E-state index contributed by atoms with van der Waals surface area (Å²) in [6.07, 6.45) is 4.39. The number of rotatable bonds is 6. The third-order valence-corrected chi connectivity index (χ3v) is 3.45. The van der Waals surface area contributed by atoms with Crippen LogP contribution in [0.15, 0.2) is 12.3 Å². The smallest absolute Gasteiger partial charge is 0.337 e. The molecule has 0 aliphatic carbocycles. The van der Waals surface area contributed by atoms with Crippen molar-refractivity contribution in [3.63, 3.8) is 0 Å². The molecule has 1 fully saturated rings. The molecule has 5 nitrogen and oxygen atoms in total. The quantitative estimate of drug-likeness (QED) is 0.832. The molecule has 0 radical (unpaired) electrons. The van der Waals surface area contributed by atoms with Crippen LogP contribution < -0.4 is 0 Å². The molecule has 5 heteroatoms. The van der Waals surface area contributed by atoms with E-state index in [4.69, 9.17) is 9.84 Å². The molecule has 0 aromatic carbocycles. The average molecular weight is 252 g/mol. The highest BCUT2D eigenvalue weighted by molar-refractivity contribution is 5.89. The summed E-state index contributed by atoms with van der Waals surface area (Å²) in [6.45, 7) is 4.46. The monoisotopic (exact) mass is 252 g/mol. The van der Waals surface area contributed by atoms with Gasteiger partial charge in [-0.05, 0) is 32.0 Å². The minimum absolute atomic E-state index is 0.342. The highest BCUT2D eigenvalue weighted by atomic mass is 16.5. The number of likely N-dealkylation sites (tertiary alicyclic amines) is 1. The Morgan fingerprint density at radius 2 is 2.11 bits per heavy atom. The number of methoxy groups -OCH3 is 1. The van der Waals surface area contributed by atoms with Crippen molar-refractivity contribution in [1.82, 2.24) is 9.47 Å². The SMILES string of the molecule is COCc1c(C(=O)O)ccn1CCN1CCCC1. The van der Waals surface area contributed by atoms with E-state index in [1.807, 2.05) is 10.8 Å². The highest BCUT2D eigenvalue weighted by Crippen LogP contribution is 2.14. The number of aromatic nitrogens is 1. The van der Waals surface area contributed by atoms with Crippen molar-refractivity contribution >= 4 is 5.97 Å². The van der Waals surface area contributed by atoms with E-state index in [0.717, 1.165) is 31.9 Å². The third kappa shape index (κ3) is 2.91. The van der Waals surface area contributed by atoms with Crippen molar-refractivity contribution in [3.05, 3.63) is 23.5 Å². The van der Waals surface area contributed by atoms with Gasteiger partial charge in [0.1, 0.15) is 0 Å². The Bertz CT molecular complexity index is 408. The summed E-state index contributed by atoms with van der Waals surface area (Å²) < 4.78 is 7.08. The third-order valence-electron chi connectivity index (χ3n) is 3.45. The van der Waals surface area contributed by atoms with E-state index >= 15 is 0 Å². The number of carbonyl (C=O) groups is 1. The first-order valence-corrected chi connectivity index (χ1v) is 6.35. The van der Waals surface area contributed by atoms with Crippen LogP contribution in [0, 0.1) is 0 Å². The zero-order valence-electron chi connectivity index (χ0n) is 10.8. The molecule has 0 spiro atoms. The van der Waals surface area contributed by atoms with Crippen LogP contribution in [0.1, 0.15) is 28.9 Å². The summed E-state index contributed by atoms with van der Waals surface area (Å²) in [5.41, 5.74) is 1.10. The van der Waals surface area contributed by atoms with Crippen molar-refractivity contribution in [2.45, 2.75) is 26.0 Å². The van der Waals surface area contributed by atoms with E-state index in [1.54, 1.807) is 13.2 Å². The van der Waals surface area contributed by atoms with Gasteiger partial charge in [0.15, 0.2) is 0 Å². The second-order valence-corrected chi connectivity index (χ2v) is 4.66. The lowest BCUT2D eigenvalue weighted by Crippen LogP contribution is -2.24. The Labute approximate surface area is 107 Å². The molecule has 0 bridgehead atoms.